The SMILES string of the molecule is CCCCOc1cccc(C(=O)N(Cc2ccc(N(C)C)cc2)[C@H]2CCS(=O)(=O)C2)c1. The number of anilines is 1. The number of amides is 1. The van der Waals surface area contributed by atoms with Crippen LogP contribution in [0.15, 0.2) is 48.5 Å². The lowest BCUT2D eigenvalue weighted by Gasteiger charge is -2.29. The topological polar surface area (TPSA) is 66.9 Å². The van der Waals surface area contributed by atoms with Crippen molar-refractivity contribution >= 4 is 21.4 Å². The Morgan fingerprint density at radius 1 is 1.13 bits per heavy atom. The van der Waals surface area contributed by atoms with E-state index in [1.807, 2.05) is 55.4 Å². The van der Waals surface area contributed by atoms with Gasteiger partial charge in [-0.2, -0.15) is 0 Å². The van der Waals surface area contributed by atoms with E-state index in [2.05, 4.69) is 6.92 Å². The second kappa shape index (κ2) is 10.2. The van der Waals surface area contributed by atoms with Gasteiger partial charge in [-0.1, -0.05) is 31.5 Å². The first-order chi connectivity index (χ1) is 14.8. The van der Waals surface area contributed by atoms with E-state index in [4.69, 9.17) is 4.74 Å². The van der Waals surface area contributed by atoms with E-state index < -0.39 is 9.84 Å². The third-order valence-electron chi connectivity index (χ3n) is 5.56. The number of hydrogen-bond donors (Lipinski definition) is 0. The lowest BCUT2D eigenvalue weighted by molar-refractivity contribution is 0.0680. The van der Waals surface area contributed by atoms with Crippen LogP contribution in [-0.4, -0.2) is 57.5 Å². The van der Waals surface area contributed by atoms with Gasteiger partial charge in [0.1, 0.15) is 5.75 Å². The molecular formula is C24H32N2O4S. The van der Waals surface area contributed by atoms with Crippen molar-refractivity contribution in [2.24, 2.45) is 0 Å². The van der Waals surface area contributed by atoms with Crippen molar-refractivity contribution in [3.63, 3.8) is 0 Å². The second-order valence-electron chi connectivity index (χ2n) is 8.28. The molecule has 1 aliphatic heterocycles. The zero-order valence-electron chi connectivity index (χ0n) is 18.6. The van der Waals surface area contributed by atoms with E-state index in [-0.39, 0.29) is 23.5 Å². The second-order valence-corrected chi connectivity index (χ2v) is 10.5. The highest BCUT2D eigenvalue weighted by Gasteiger charge is 2.35. The molecule has 1 fully saturated rings. The predicted molar refractivity (Wildman–Crippen MR) is 125 cm³/mol. The van der Waals surface area contributed by atoms with Crippen LogP contribution in [0, 0.1) is 0 Å². The first-order valence-corrected chi connectivity index (χ1v) is 12.6. The van der Waals surface area contributed by atoms with Crippen molar-refractivity contribution in [3.05, 3.63) is 59.7 Å². The van der Waals surface area contributed by atoms with Gasteiger partial charge in [0.2, 0.25) is 0 Å². The van der Waals surface area contributed by atoms with Crippen LogP contribution < -0.4 is 9.64 Å². The maximum Gasteiger partial charge on any atom is 0.254 e. The molecule has 168 valence electrons. The molecule has 2 aromatic carbocycles. The molecule has 0 unspecified atom stereocenters. The predicted octanol–water partition coefficient (Wildman–Crippen LogP) is 3.76. The molecule has 1 aliphatic rings. The third kappa shape index (κ3) is 6.23. The van der Waals surface area contributed by atoms with Crippen LogP contribution in [0.2, 0.25) is 0 Å². The minimum Gasteiger partial charge on any atom is -0.494 e. The van der Waals surface area contributed by atoms with Gasteiger partial charge in [0.15, 0.2) is 9.84 Å². The summed E-state index contributed by atoms with van der Waals surface area (Å²) < 4.78 is 30.0. The highest BCUT2D eigenvalue weighted by atomic mass is 32.2. The molecule has 0 radical (unpaired) electrons. The molecule has 2 aromatic rings. The molecule has 0 N–H and O–H groups in total. The smallest absolute Gasteiger partial charge is 0.254 e. The molecule has 1 saturated heterocycles. The molecule has 0 saturated carbocycles. The number of benzene rings is 2. The summed E-state index contributed by atoms with van der Waals surface area (Å²) in [5.74, 6) is 0.635. The number of sulfone groups is 1. The van der Waals surface area contributed by atoms with Gasteiger partial charge < -0.3 is 14.5 Å². The Morgan fingerprint density at radius 2 is 1.87 bits per heavy atom. The van der Waals surface area contributed by atoms with Crippen molar-refractivity contribution in [2.45, 2.75) is 38.8 Å². The average molecular weight is 445 g/mol. The van der Waals surface area contributed by atoms with Crippen LogP contribution in [0.5, 0.6) is 5.75 Å². The Kier molecular flexibility index (Phi) is 7.59. The molecule has 0 bridgehead atoms. The minimum atomic E-state index is -3.11. The summed E-state index contributed by atoms with van der Waals surface area (Å²) in [5, 5.41) is 0. The minimum absolute atomic E-state index is 0.0151. The number of carbonyl (C=O) groups excluding carboxylic acids is 1. The molecule has 0 aromatic heterocycles. The first-order valence-electron chi connectivity index (χ1n) is 10.8. The largest absolute Gasteiger partial charge is 0.494 e. The molecule has 3 rings (SSSR count). The molecule has 1 heterocycles. The maximum atomic E-state index is 13.5. The Morgan fingerprint density at radius 3 is 2.48 bits per heavy atom. The van der Waals surface area contributed by atoms with Crippen LogP contribution in [0.4, 0.5) is 5.69 Å². The number of ether oxygens (including phenoxy) is 1. The Hall–Kier alpha value is -2.54. The fraction of sp³-hybridized carbons (Fsp3) is 0.458. The lowest BCUT2D eigenvalue weighted by atomic mass is 10.1. The monoisotopic (exact) mass is 444 g/mol. The Balaban J connectivity index is 1.84. The Bertz CT molecular complexity index is 987. The molecule has 0 aliphatic carbocycles. The van der Waals surface area contributed by atoms with Gasteiger partial charge in [-0.15, -0.1) is 0 Å². The van der Waals surface area contributed by atoms with Gasteiger partial charge >= 0.3 is 0 Å². The van der Waals surface area contributed by atoms with E-state index in [0.717, 1.165) is 24.1 Å². The summed E-state index contributed by atoms with van der Waals surface area (Å²) in [6, 6.07) is 14.8. The summed E-state index contributed by atoms with van der Waals surface area (Å²) in [6.07, 6.45) is 2.46. The van der Waals surface area contributed by atoms with Crippen molar-refractivity contribution in [2.75, 3.05) is 37.1 Å². The van der Waals surface area contributed by atoms with E-state index in [1.165, 1.54) is 0 Å². The number of hydrogen-bond acceptors (Lipinski definition) is 5. The zero-order chi connectivity index (χ0) is 22.4. The maximum absolute atomic E-state index is 13.5. The number of carbonyl (C=O) groups is 1. The summed E-state index contributed by atoms with van der Waals surface area (Å²) in [4.78, 5) is 17.2. The van der Waals surface area contributed by atoms with Crippen LogP contribution in [-0.2, 0) is 16.4 Å². The molecule has 1 amide bonds. The standard InChI is InChI=1S/C24H32N2O4S/c1-4-5-14-30-23-8-6-7-20(16-23)24(27)26(22-13-15-31(28,29)18-22)17-19-9-11-21(12-10-19)25(2)3/h6-12,16,22H,4-5,13-15,17-18H2,1-3H3/t22-/m0/s1. The van der Waals surface area contributed by atoms with Crippen molar-refractivity contribution in [1.82, 2.24) is 4.90 Å². The van der Waals surface area contributed by atoms with E-state index in [0.29, 0.717) is 30.9 Å². The molecule has 1 atom stereocenters. The number of unbranched alkanes of at least 4 members (excludes halogenated alkanes) is 1. The first kappa shape index (κ1) is 23.1. The third-order valence-corrected chi connectivity index (χ3v) is 7.31. The van der Waals surface area contributed by atoms with Crippen molar-refractivity contribution in [3.8, 4) is 5.75 Å². The van der Waals surface area contributed by atoms with Crippen LogP contribution >= 0.6 is 0 Å². The van der Waals surface area contributed by atoms with Gasteiger partial charge in [-0.25, -0.2) is 8.42 Å². The summed E-state index contributed by atoms with van der Waals surface area (Å²) >= 11 is 0. The molecule has 0 spiro atoms. The molecule has 31 heavy (non-hydrogen) atoms. The number of nitrogens with zero attached hydrogens (tertiary/aromatic N) is 2. The normalized spacial score (nSPS) is 17.3. The zero-order valence-corrected chi connectivity index (χ0v) is 19.4. The van der Waals surface area contributed by atoms with Crippen molar-refractivity contribution in [1.29, 1.82) is 0 Å². The van der Waals surface area contributed by atoms with Crippen molar-refractivity contribution < 1.29 is 17.9 Å². The quantitative estimate of drug-likeness (QED) is 0.551. The summed E-state index contributed by atoms with van der Waals surface area (Å²) in [5.41, 5.74) is 2.56. The summed E-state index contributed by atoms with van der Waals surface area (Å²) in [6.45, 7) is 3.08. The molecular weight excluding hydrogens is 412 g/mol. The average Bonchev–Trinajstić information content (AvgIpc) is 3.11. The van der Waals surface area contributed by atoms with Crippen LogP contribution in [0.1, 0.15) is 42.1 Å². The van der Waals surface area contributed by atoms with Gasteiger partial charge in [-0.05, 0) is 48.7 Å². The fourth-order valence-corrected chi connectivity index (χ4v) is 5.43. The van der Waals surface area contributed by atoms with Gasteiger partial charge in [0.25, 0.3) is 5.91 Å². The Labute approximate surface area is 185 Å². The highest BCUT2D eigenvalue weighted by molar-refractivity contribution is 7.91. The van der Waals surface area contributed by atoms with Gasteiger partial charge in [-0.3, -0.25) is 4.79 Å². The van der Waals surface area contributed by atoms with Gasteiger partial charge in [0, 0.05) is 37.9 Å². The van der Waals surface area contributed by atoms with E-state index in [9.17, 15) is 13.2 Å². The highest BCUT2D eigenvalue weighted by Crippen LogP contribution is 2.24. The van der Waals surface area contributed by atoms with Gasteiger partial charge in [0.05, 0.1) is 18.1 Å². The lowest BCUT2D eigenvalue weighted by Crippen LogP contribution is -2.40. The van der Waals surface area contributed by atoms with E-state index in [1.54, 1.807) is 17.0 Å². The van der Waals surface area contributed by atoms with Crippen LogP contribution in [0.25, 0.3) is 0 Å². The van der Waals surface area contributed by atoms with E-state index >= 15 is 0 Å². The van der Waals surface area contributed by atoms with Crippen LogP contribution in [0.3, 0.4) is 0 Å². The molecule has 7 heteroatoms. The number of rotatable bonds is 9. The fourth-order valence-electron chi connectivity index (χ4n) is 3.70. The summed E-state index contributed by atoms with van der Waals surface area (Å²) in [7, 11) is 0.837. The molecule has 6 nitrogen and oxygen atoms in total.